The number of hydrogen-bond donors (Lipinski definition) is 1. The molecule has 0 aliphatic rings. The fraction of sp³-hybridized carbons (Fsp3) is 0.471. The van der Waals surface area contributed by atoms with Crippen LogP contribution in [0.5, 0.6) is 17.2 Å². The van der Waals surface area contributed by atoms with E-state index in [1.165, 1.54) is 18.4 Å². The van der Waals surface area contributed by atoms with Crippen LogP contribution in [0, 0.1) is 5.92 Å². The smallest absolute Gasteiger partial charge is 0.230 e. The van der Waals surface area contributed by atoms with Crippen LogP contribution in [0.2, 0.25) is 0 Å². The molecule has 1 amide bonds. The third-order valence-corrected chi connectivity index (χ3v) is 4.25. The minimum absolute atomic E-state index is 0.163. The van der Waals surface area contributed by atoms with Gasteiger partial charge in [0.25, 0.3) is 0 Å². The van der Waals surface area contributed by atoms with Crippen LogP contribution in [0.15, 0.2) is 12.1 Å². The molecule has 1 aromatic heterocycles. The molecule has 2 rings (SSSR count). The van der Waals surface area contributed by atoms with Crippen molar-refractivity contribution in [1.82, 2.24) is 10.2 Å². The van der Waals surface area contributed by atoms with Gasteiger partial charge in [0.05, 0.1) is 27.8 Å². The lowest BCUT2D eigenvalue weighted by atomic mass is 10.1. The van der Waals surface area contributed by atoms with E-state index in [0.717, 1.165) is 17.0 Å². The van der Waals surface area contributed by atoms with Crippen molar-refractivity contribution in [3.63, 3.8) is 0 Å². The van der Waals surface area contributed by atoms with Crippen LogP contribution in [-0.4, -0.2) is 37.4 Å². The maximum atomic E-state index is 12.3. The van der Waals surface area contributed by atoms with Crippen molar-refractivity contribution in [3.8, 4) is 17.2 Å². The zero-order valence-electron chi connectivity index (χ0n) is 15.1. The van der Waals surface area contributed by atoms with Gasteiger partial charge in [0, 0.05) is 6.42 Å². The van der Waals surface area contributed by atoms with E-state index >= 15 is 0 Å². The monoisotopic (exact) mass is 365 g/mol. The fourth-order valence-corrected chi connectivity index (χ4v) is 3.29. The highest BCUT2D eigenvalue weighted by Crippen LogP contribution is 2.38. The number of methoxy groups -OCH3 is 3. The van der Waals surface area contributed by atoms with E-state index in [0.29, 0.717) is 28.3 Å². The summed E-state index contributed by atoms with van der Waals surface area (Å²) < 4.78 is 15.9. The Labute approximate surface area is 151 Å². The number of anilines is 1. The summed E-state index contributed by atoms with van der Waals surface area (Å²) in [5.41, 5.74) is 0.749. The first-order valence-corrected chi connectivity index (χ1v) is 8.69. The lowest BCUT2D eigenvalue weighted by molar-refractivity contribution is -0.115. The number of ether oxygens (including phenoxy) is 3. The molecular weight excluding hydrogens is 342 g/mol. The van der Waals surface area contributed by atoms with E-state index < -0.39 is 0 Å². The minimum Gasteiger partial charge on any atom is -0.493 e. The van der Waals surface area contributed by atoms with E-state index in [2.05, 4.69) is 29.4 Å². The number of nitrogens with one attached hydrogen (secondary N) is 1. The molecule has 0 bridgehead atoms. The molecule has 0 unspecified atom stereocenters. The van der Waals surface area contributed by atoms with Gasteiger partial charge < -0.3 is 19.5 Å². The van der Waals surface area contributed by atoms with Gasteiger partial charge in [-0.05, 0) is 23.6 Å². The molecule has 0 fully saturated rings. The number of carbonyl (C=O) groups excluding carboxylic acids is 1. The predicted molar refractivity (Wildman–Crippen MR) is 96.9 cm³/mol. The van der Waals surface area contributed by atoms with Crippen LogP contribution in [0.25, 0.3) is 0 Å². The molecule has 0 radical (unpaired) electrons. The van der Waals surface area contributed by atoms with E-state index in [9.17, 15) is 4.79 Å². The summed E-state index contributed by atoms with van der Waals surface area (Å²) in [6.45, 7) is 4.23. The Morgan fingerprint density at radius 1 is 1.12 bits per heavy atom. The predicted octanol–water partition coefficient (Wildman–Crippen LogP) is 2.94. The summed E-state index contributed by atoms with van der Waals surface area (Å²) in [5, 5.41) is 12.3. The van der Waals surface area contributed by atoms with E-state index in [4.69, 9.17) is 14.2 Å². The number of aromatic nitrogens is 2. The van der Waals surface area contributed by atoms with E-state index in [-0.39, 0.29) is 12.3 Å². The van der Waals surface area contributed by atoms with Crippen molar-refractivity contribution in [3.05, 3.63) is 22.7 Å². The Morgan fingerprint density at radius 2 is 1.76 bits per heavy atom. The third-order valence-electron chi connectivity index (χ3n) is 3.39. The maximum Gasteiger partial charge on any atom is 0.230 e. The van der Waals surface area contributed by atoms with Crippen LogP contribution in [0.1, 0.15) is 24.4 Å². The summed E-state index contributed by atoms with van der Waals surface area (Å²) >= 11 is 1.40. The van der Waals surface area contributed by atoms with Crippen LogP contribution in [-0.2, 0) is 17.6 Å². The largest absolute Gasteiger partial charge is 0.493 e. The Balaban J connectivity index is 2.08. The molecule has 8 heteroatoms. The summed E-state index contributed by atoms with van der Waals surface area (Å²) in [7, 11) is 4.62. The lowest BCUT2D eigenvalue weighted by Gasteiger charge is -2.13. The zero-order chi connectivity index (χ0) is 18.4. The van der Waals surface area contributed by atoms with Crippen molar-refractivity contribution in [2.45, 2.75) is 26.7 Å². The standard InChI is InChI=1S/C17H23N3O4S/c1-10(2)6-15-19-20-17(25-15)18-14(21)9-11-7-12(22-3)16(24-5)13(8-11)23-4/h7-8,10H,6,9H2,1-5H3,(H,18,20,21). The van der Waals surface area contributed by atoms with Crippen molar-refractivity contribution in [1.29, 1.82) is 0 Å². The molecule has 1 aromatic carbocycles. The first kappa shape index (κ1) is 19.0. The number of amides is 1. The number of nitrogens with zero attached hydrogens (tertiary/aromatic N) is 2. The van der Waals surface area contributed by atoms with Gasteiger partial charge in [0.15, 0.2) is 11.5 Å². The Hall–Kier alpha value is -2.35. The van der Waals surface area contributed by atoms with Crippen molar-refractivity contribution >= 4 is 22.4 Å². The molecule has 0 saturated carbocycles. The molecule has 0 spiro atoms. The lowest BCUT2D eigenvalue weighted by Crippen LogP contribution is -2.14. The van der Waals surface area contributed by atoms with Crippen LogP contribution >= 0.6 is 11.3 Å². The van der Waals surface area contributed by atoms with Gasteiger partial charge in [-0.15, -0.1) is 10.2 Å². The third kappa shape index (κ3) is 5.06. The van der Waals surface area contributed by atoms with Crippen LogP contribution in [0.3, 0.4) is 0 Å². The van der Waals surface area contributed by atoms with Gasteiger partial charge in [-0.3, -0.25) is 4.79 Å². The Morgan fingerprint density at radius 3 is 2.28 bits per heavy atom. The first-order valence-electron chi connectivity index (χ1n) is 7.88. The second-order valence-electron chi connectivity index (χ2n) is 5.86. The summed E-state index contributed by atoms with van der Waals surface area (Å²) in [4.78, 5) is 12.3. The molecule has 0 aliphatic carbocycles. The zero-order valence-corrected chi connectivity index (χ0v) is 15.9. The van der Waals surface area contributed by atoms with Gasteiger partial charge in [-0.2, -0.15) is 0 Å². The maximum absolute atomic E-state index is 12.3. The van der Waals surface area contributed by atoms with E-state index in [1.54, 1.807) is 26.4 Å². The molecule has 0 aliphatic heterocycles. The average molecular weight is 365 g/mol. The van der Waals surface area contributed by atoms with Gasteiger partial charge in [0.2, 0.25) is 16.8 Å². The second-order valence-corrected chi connectivity index (χ2v) is 6.92. The van der Waals surface area contributed by atoms with Crippen molar-refractivity contribution in [2.75, 3.05) is 26.6 Å². The van der Waals surface area contributed by atoms with E-state index in [1.807, 2.05) is 0 Å². The minimum atomic E-state index is -0.179. The van der Waals surface area contributed by atoms with Gasteiger partial charge in [0.1, 0.15) is 5.01 Å². The molecule has 2 aromatic rings. The molecule has 0 atom stereocenters. The van der Waals surface area contributed by atoms with Gasteiger partial charge in [-0.1, -0.05) is 25.2 Å². The topological polar surface area (TPSA) is 82.6 Å². The fourth-order valence-electron chi connectivity index (χ4n) is 2.32. The summed E-state index contributed by atoms with van der Waals surface area (Å²) in [6.07, 6.45) is 1.01. The highest BCUT2D eigenvalue weighted by atomic mass is 32.1. The molecule has 1 heterocycles. The molecule has 1 N–H and O–H groups in total. The molecule has 25 heavy (non-hydrogen) atoms. The second kappa shape index (κ2) is 8.66. The van der Waals surface area contributed by atoms with Crippen molar-refractivity contribution in [2.24, 2.45) is 5.92 Å². The summed E-state index contributed by atoms with van der Waals surface area (Å²) in [5.74, 6) is 1.84. The first-order chi connectivity index (χ1) is 12.0. The SMILES string of the molecule is COc1cc(CC(=O)Nc2nnc(CC(C)C)s2)cc(OC)c1OC. The van der Waals surface area contributed by atoms with Crippen molar-refractivity contribution < 1.29 is 19.0 Å². The summed E-state index contributed by atoms with van der Waals surface area (Å²) in [6, 6.07) is 3.51. The highest BCUT2D eigenvalue weighted by molar-refractivity contribution is 7.15. The number of hydrogen-bond acceptors (Lipinski definition) is 7. The molecular formula is C17H23N3O4S. The van der Waals surface area contributed by atoms with Crippen LogP contribution < -0.4 is 19.5 Å². The molecule has 0 saturated heterocycles. The van der Waals surface area contributed by atoms with Crippen LogP contribution in [0.4, 0.5) is 5.13 Å². The van der Waals surface area contributed by atoms with Gasteiger partial charge >= 0.3 is 0 Å². The number of benzene rings is 1. The Kier molecular flexibility index (Phi) is 6.58. The quantitative estimate of drug-likeness (QED) is 0.774. The highest BCUT2D eigenvalue weighted by Gasteiger charge is 2.16. The number of carbonyl (C=O) groups is 1. The Bertz CT molecular complexity index is 705. The normalized spacial score (nSPS) is 10.6. The number of rotatable bonds is 8. The molecule has 7 nitrogen and oxygen atoms in total. The average Bonchev–Trinajstić information content (AvgIpc) is 2.99. The molecule has 136 valence electrons. The van der Waals surface area contributed by atoms with Gasteiger partial charge in [-0.25, -0.2) is 0 Å².